The molecule has 1 nitrogen and oxygen atoms in total. The molecular formula is C13H19NS. The Bertz CT molecular complexity index is 335. The molecule has 2 rings (SSSR count). The monoisotopic (exact) mass is 221 g/mol. The zero-order chi connectivity index (χ0) is 10.8. The Kier molecular flexibility index (Phi) is 3.37. The Morgan fingerprint density at radius 1 is 1.33 bits per heavy atom. The standard InChI is InChI=1S/C13H19NS/c1-9(2)15-12-8-10-6-4-5-7-11(10)13(12)14-3/h4-7,9,12-14H,8H2,1-3H3. The number of hydrogen-bond donors (Lipinski definition) is 1. The highest BCUT2D eigenvalue weighted by atomic mass is 32.2. The fourth-order valence-corrected chi connectivity index (χ4v) is 3.79. The second kappa shape index (κ2) is 4.58. The maximum atomic E-state index is 3.45. The van der Waals surface area contributed by atoms with Gasteiger partial charge in [-0.2, -0.15) is 11.8 Å². The Balaban J connectivity index is 2.21. The summed E-state index contributed by atoms with van der Waals surface area (Å²) >= 11 is 2.09. The third-order valence-electron chi connectivity index (χ3n) is 2.94. The summed E-state index contributed by atoms with van der Waals surface area (Å²) in [5.41, 5.74) is 3.02. The summed E-state index contributed by atoms with van der Waals surface area (Å²) in [6.07, 6.45) is 1.21. The maximum absolute atomic E-state index is 3.45. The van der Waals surface area contributed by atoms with E-state index in [0.29, 0.717) is 16.5 Å². The van der Waals surface area contributed by atoms with Gasteiger partial charge >= 0.3 is 0 Å². The molecule has 0 spiro atoms. The molecule has 15 heavy (non-hydrogen) atoms. The van der Waals surface area contributed by atoms with E-state index in [1.807, 2.05) is 0 Å². The number of fused-ring (bicyclic) bond motifs is 1. The smallest absolute Gasteiger partial charge is 0.0444 e. The molecule has 0 heterocycles. The van der Waals surface area contributed by atoms with Gasteiger partial charge in [-0.1, -0.05) is 38.1 Å². The number of thioether (sulfide) groups is 1. The fourth-order valence-electron chi connectivity index (χ4n) is 2.38. The molecule has 2 heteroatoms. The van der Waals surface area contributed by atoms with Crippen LogP contribution >= 0.6 is 11.8 Å². The molecule has 0 aliphatic heterocycles. The Morgan fingerprint density at radius 3 is 2.73 bits per heavy atom. The summed E-state index contributed by atoms with van der Waals surface area (Å²) in [5.74, 6) is 0. The van der Waals surface area contributed by atoms with Gasteiger partial charge in [0.25, 0.3) is 0 Å². The van der Waals surface area contributed by atoms with Crippen LogP contribution in [0.4, 0.5) is 0 Å². The largest absolute Gasteiger partial charge is 0.312 e. The third-order valence-corrected chi connectivity index (χ3v) is 4.27. The van der Waals surface area contributed by atoms with Gasteiger partial charge in [0.2, 0.25) is 0 Å². The van der Waals surface area contributed by atoms with Crippen molar-refractivity contribution in [2.75, 3.05) is 7.05 Å². The second-order valence-corrected chi connectivity index (χ2v) is 6.21. The third kappa shape index (κ3) is 2.21. The van der Waals surface area contributed by atoms with Gasteiger partial charge in [-0.05, 0) is 29.8 Å². The molecule has 1 aromatic carbocycles. The van der Waals surface area contributed by atoms with Crippen molar-refractivity contribution in [1.82, 2.24) is 5.32 Å². The zero-order valence-corrected chi connectivity index (χ0v) is 10.5. The van der Waals surface area contributed by atoms with E-state index >= 15 is 0 Å². The SMILES string of the molecule is CNC1c2ccccc2CC1SC(C)C. The highest BCUT2D eigenvalue weighted by Gasteiger charge is 2.31. The molecule has 1 aromatic rings. The van der Waals surface area contributed by atoms with Gasteiger partial charge < -0.3 is 5.32 Å². The van der Waals surface area contributed by atoms with Crippen LogP contribution in [-0.4, -0.2) is 17.5 Å². The highest BCUT2D eigenvalue weighted by molar-refractivity contribution is 8.00. The summed E-state index contributed by atoms with van der Waals surface area (Å²) in [4.78, 5) is 0. The van der Waals surface area contributed by atoms with E-state index in [-0.39, 0.29) is 0 Å². The lowest BCUT2D eigenvalue weighted by Gasteiger charge is -2.21. The molecule has 0 aromatic heterocycles. The van der Waals surface area contributed by atoms with Crippen LogP contribution < -0.4 is 5.32 Å². The average molecular weight is 221 g/mol. The van der Waals surface area contributed by atoms with Gasteiger partial charge in [-0.15, -0.1) is 0 Å². The van der Waals surface area contributed by atoms with Gasteiger partial charge in [0.1, 0.15) is 0 Å². The first kappa shape index (κ1) is 11.0. The Labute approximate surface area is 96.7 Å². The summed E-state index contributed by atoms with van der Waals surface area (Å²) in [7, 11) is 2.07. The predicted molar refractivity (Wildman–Crippen MR) is 68.5 cm³/mol. The first-order chi connectivity index (χ1) is 7.22. The van der Waals surface area contributed by atoms with Crippen LogP contribution in [0.5, 0.6) is 0 Å². The molecule has 2 atom stereocenters. The lowest BCUT2D eigenvalue weighted by Crippen LogP contribution is -2.24. The van der Waals surface area contributed by atoms with E-state index in [2.05, 4.69) is 62.2 Å². The number of nitrogens with one attached hydrogen (secondary N) is 1. The van der Waals surface area contributed by atoms with Crippen molar-refractivity contribution in [3.8, 4) is 0 Å². The first-order valence-corrected chi connectivity index (χ1v) is 6.57. The summed E-state index contributed by atoms with van der Waals surface area (Å²) in [6.45, 7) is 4.56. The second-order valence-electron chi connectivity index (χ2n) is 4.39. The summed E-state index contributed by atoms with van der Waals surface area (Å²) in [5, 5.41) is 4.86. The van der Waals surface area contributed by atoms with Crippen molar-refractivity contribution in [1.29, 1.82) is 0 Å². The van der Waals surface area contributed by atoms with Gasteiger partial charge in [0.05, 0.1) is 0 Å². The molecule has 0 radical (unpaired) electrons. The van der Waals surface area contributed by atoms with E-state index in [4.69, 9.17) is 0 Å². The molecule has 1 aliphatic rings. The highest BCUT2D eigenvalue weighted by Crippen LogP contribution is 2.39. The van der Waals surface area contributed by atoms with Crippen LogP contribution in [0, 0.1) is 0 Å². The minimum absolute atomic E-state index is 0.536. The molecule has 2 unspecified atom stereocenters. The van der Waals surface area contributed by atoms with Crippen LogP contribution in [-0.2, 0) is 6.42 Å². The van der Waals surface area contributed by atoms with Crippen molar-refractivity contribution >= 4 is 11.8 Å². The minimum atomic E-state index is 0.536. The summed E-state index contributed by atoms with van der Waals surface area (Å²) in [6, 6.07) is 9.35. The average Bonchev–Trinajstić information content (AvgIpc) is 2.53. The number of rotatable bonds is 3. The predicted octanol–water partition coefficient (Wildman–Crippen LogP) is 3.01. The van der Waals surface area contributed by atoms with Crippen molar-refractivity contribution in [2.24, 2.45) is 0 Å². The molecule has 0 amide bonds. The first-order valence-electron chi connectivity index (χ1n) is 5.63. The molecular weight excluding hydrogens is 202 g/mol. The molecule has 0 saturated heterocycles. The maximum Gasteiger partial charge on any atom is 0.0444 e. The molecule has 0 fully saturated rings. The van der Waals surface area contributed by atoms with Crippen molar-refractivity contribution in [2.45, 2.75) is 36.8 Å². The van der Waals surface area contributed by atoms with E-state index in [9.17, 15) is 0 Å². The quantitative estimate of drug-likeness (QED) is 0.842. The number of hydrogen-bond acceptors (Lipinski definition) is 2. The lowest BCUT2D eigenvalue weighted by molar-refractivity contribution is 0.602. The minimum Gasteiger partial charge on any atom is -0.312 e. The molecule has 1 N–H and O–H groups in total. The van der Waals surface area contributed by atoms with Crippen molar-refractivity contribution in [3.63, 3.8) is 0 Å². The van der Waals surface area contributed by atoms with E-state index in [1.165, 1.54) is 17.5 Å². The van der Waals surface area contributed by atoms with Crippen LogP contribution in [0.3, 0.4) is 0 Å². The topological polar surface area (TPSA) is 12.0 Å². The van der Waals surface area contributed by atoms with Crippen molar-refractivity contribution < 1.29 is 0 Å². The Hall–Kier alpha value is -0.470. The van der Waals surface area contributed by atoms with Gasteiger partial charge in [0, 0.05) is 11.3 Å². The number of benzene rings is 1. The molecule has 82 valence electrons. The fraction of sp³-hybridized carbons (Fsp3) is 0.538. The summed E-state index contributed by atoms with van der Waals surface area (Å²) < 4.78 is 0. The van der Waals surface area contributed by atoms with Crippen molar-refractivity contribution in [3.05, 3.63) is 35.4 Å². The van der Waals surface area contributed by atoms with E-state index < -0.39 is 0 Å². The van der Waals surface area contributed by atoms with Crippen LogP contribution in [0.1, 0.15) is 31.0 Å². The van der Waals surface area contributed by atoms with E-state index in [1.54, 1.807) is 0 Å². The van der Waals surface area contributed by atoms with E-state index in [0.717, 1.165) is 0 Å². The molecule has 0 bridgehead atoms. The normalized spacial score (nSPS) is 24.5. The van der Waals surface area contributed by atoms with Crippen LogP contribution in [0.15, 0.2) is 24.3 Å². The Morgan fingerprint density at radius 2 is 2.07 bits per heavy atom. The van der Waals surface area contributed by atoms with Crippen LogP contribution in [0.2, 0.25) is 0 Å². The molecule has 0 saturated carbocycles. The van der Waals surface area contributed by atoms with Crippen LogP contribution in [0.25, 0.3) is 0 Å². The van der Waals surface area contributed by atoms with Gasteiger partial charge in [0.15, 0.2) is 0 Å². The molecule has 1 aliphatic carbocycles. The zero-order valence-electron chi connectivity index (χ0n) is 9.66. The van der Waals surface area contributed by atoms with Gasteiger partial charge in [-0.3, -0.25) is 0 Å². The lowest BCUT2D eigenvalue weighted by atomic mass is 10.1. The van der Waals surface area contributed by atoms with Gasteiger partial charge in [-0.25, -0.2) is 0 Å².